The van der Waals surface area contributed by atoms with E-state index in [2.05, 4.69) is 15.3 Å². The number of nitrogens with zero attached hydrogens (tertiary/aromatic N) is 3. The van der Waals surface area contributed by atoms with Crippen molar-refractivity contribution in [1.29, 1.82) is 0 Å². The summed E-state index contributed by atoms with van der Waals surface area (Å²) in [5.41, 5.74) is 8.19. The largest absolute Gasteiger partial charge is 0.507 e. The second kappa shape index (κ2) is 8.82. The van der Waals surface area contributed by atoms with E-state index < -0.39 is 42.6 Å². The Hall–Kier alpha value is -2.69. The van der Waals surface area contributed by atoms with Gasteiger partial charge in [0.05, 0.1) is 11.7 Å². The third-order valence-corrected chi connectivity index (χ3v) is 3.09. The zero-order valence-corrected chi connectivity index (χ0v) is 12.2. The Bertz CT molecular complexity index is 647. The van der Waals surface area contributed by atoms with Crippen molar-refractivity contribution >= 4 is 17.9 Å². The van der Waals surface area contributed by atoms with Crippen LogP contribution in [0.2, 0.25) is 0 Å². The first-order valence-corrected chi connectivity index (χ1v) is 6.65. The van der Waals surface area contributed by atoms with E-state index in [1.165, 1.54) is 12.1 Å². The lowest BCUT2D eigenvalue weighted by Gasteiger charge is -2.24. The van der Waals surface area contributed by atoms with E-state index in [1.54, 1.807) is 0 Å². The van der Waals surface area contributed by atoms with Crippen LogP contribution in [0.4, 0.5) is 5.69 Å². The molecule has 11 heteroatoms. The number of carbonyl (C=O) groups is 2. The van der Waals surface area contributed by atoms with Crippen LogP contribution in [0.15, 0.2) is 23.3 Å². The Morgan fingerprint density at radius 3 is 2.50 bits per heavy atom. The molecule has 0 saturated carbocycles. The van der Waals surface area contributed by atoms with Crippen LogP contribution in [-0.2, 0) is 4.79 Å². The first-order chi connectivity index (χ1) is 11.3. The van der Waals surface area contributed by atoms with E-state index in [0.717, 1.165) is 6.07 Å². The van der Waals surface area contributed by atoms with Gasteiger partial charge in [-0.25, -0.2) is 0 Å². The van der Waals surface area contributed by atoms with Gasteiger partial charge in [0.2, 0.25) is 0 Å². The molecule has 1 rings (SSSR count). The minimum absolute atomic E-state index is 0.0114. The number of aliphatic hydroxyl groups excluding tert-OH is 4. The van der Waals surface area contributed by atoms with Gasteiger partial charge in [-0.05, 0) is 17.7 Å². The Morgan fingerprint density at radius 1 is 1.29 bits per heavy atom. The molecule has 1 amide bonds. The molecule has 0 bridgehead atoms. The summed E-state index contributed by atoms with van der Waals surface area (Å²) < 4.78 is 0. The number of carbonyl (C=O) groups excluding carboxylic acids is 2. The number of phenolic OH excluding ortho intramolecular Hbond substituents is 1. The second-order valence-corrected chi connectivity index (χ2v) is 4.78. The zero-order valence-electron chi connectivity index (χ0n) is 12.2. The van der Waals surface area contributed by atoms with Crippen LogP contribution in [0.3, 0.4) is 0 Å². The molecular weight excluding hydrogens is 324 g/mol. The van der Waals surface area contributed by atoms with E-state index in [-0.39, 0.29) is 17.5 Å². The number of azide groups is 1. The molecule has 6 N–H and O–H groups in total. The van der Waals surface area contributed by atoms with Gasteiger partial charge in [0, 0.05) is 17.1 Å². The maximum atomic E-state index is 11.9. The minimum atomic E-state index is -1.93. The predicted molar refractivity (Wildman–Crippen MR) is 79.3 cm³/mol. The number of aldehydes is 1. The Labute approximate surface area is 135 Å². The fraction of sp³-hybridized carbons (Fsp3) is 0.385. The number of aliphatic hydroxyl groups is 4. The van der Waals surface area contributed by atoms with Crippen molar-refractivity contribution in [2.75, 3.05) is 6.54 Å². The average molecular weight is 340 g/mol. The maximum Gasteiger partial charge on any atom is 0.255 e. The van der Waals surface area contributed by atoms with Crippen molar-refractivity contribution in [1.82, 2.24) is 5.32 Å². The van der Waals surface area contributed by atoms with Crippen LogP contribution >= 0.6 is 0 Å². The van der Waals surface area contributed by atoms with Crippen molar-refractivity contribution in [2.45, 2.75) is 24.4 Å². The minimum Gasteiger partial charge on any atom is -0.507 e. The standard InChI is InChI=1S/C13H16N4O7/c14-17-16-6-1-2-7(8(19)3-6)13(24)15-4-9(20)11(22)12(23)10(21)5-18/h1-3,5,9-12,19-23H,4H2,(H,15,24)/t9-,10+,11+,12-/m1/s1. The van der Waals surface area contributed by atoms with Gasteiger partial charge in [0.1, 0.15) is 24.1 Å². The quantitative estimate of drug-likeness (QED) is 0.146. The lowest BCUT2D eigenvalue weighted by atomic mass is 10.0. The van der Waals surface area contributed by atoms with Crippen LogP contribution in [0.25, 0.3) is 10.4 Å². The lowest BCUT2D eigenvalue weighted by molar-refractivity contribution is -0.133. The van der Waals surface area contributed by atoms with E-state index in [1.807, 2.05) is 0 Å². The molecular formula is C13H16N4O7. The summed E-state index contributed by atoms with van der Waals surface area (Å²) in [6, 6.07) is 3.52. The maximum absolute atomic E-state index is 11.9. The third kappa shape index (κ3) is 4.91. The first kappa shape index (κ1) is 19.4. The topological polar surface area (TPSA) is 196 Å². The van der Waals surface area contributed by atoms with Crippen LogP contribution in [0, 0.1) is 0 Å². The molecule has 0 heterocycles. The van der Waals surface area contributed by atoms with Crippen LogP contribution in [0.5, 0.6) is 5.75 Å². The summed E-state index contributed by atoms with van der Waals surface area (Å²) in [5, 5.41) is 52.8. The number of amides is 1. The van der Waals surface area contributed by atoms with Gasteiger partial charge in [-0.3, -0.25) is 4.79 Å². The molecule has 11 nitrogen and oxygen atoms in total. The fourth-order valence-electron chi connectivity index (χ4n) is 1.75. The zero-order chi connectivity index (χ0) is 18.3. The molecule has 0 spiro atoms. The van der Waals surface area contributed by atoms with Gasteiger partial charge >= 0.3 is 0 Å². The molecule has 0 aliphatic heterocycles. The summed E-state index contributed by atoms with van der Waals surface area (Å²) >= 11 is 0. The molecule has 1 aromatic rings. The monoisotopic (exact) mass is 340 g/mol. The molecule has 1 aromatic carbocycles. The SMILES string of the molecule is [N-]=[N+]=Nc1ccc(C(=O)NC[C@@H](O)[C@H](O)[C@H](O)[C@@H](O)C=O)c(O)c1. The number of hydrogen-bond donors (Lipinski definition) is 6. The van der Waals surface area contributed by atoms with E-state index in [0.29, 0.717) is 0 Å². The number of benzene rings is 1. The van der Waals surface area contributed by atoms with Crippen molar-refractivity contribution in [3.8, 4) is 5.75 Å². The summed E-state index contributed by atoms with van der Waals surface area (Å²) in [4.78, 5) is 24.7. The molecule has 0 aromatic heterocycles. The highest BCUT2D eigenvalue weighted by molar-refractivity contribution is 5.97. The van der Waals surface area contributed by atoms with Gasteiger partial charge in [-0.15, -0.1) is 0 Å². The molecule has 0 saturated heterocycles. The van der Waals surface area contributed by atoms with Crippen LogP contribution in [-0.4, -0.2) is 68.7 Å². The van der Waals surface area contributed by atoms with Gasteiger partial charge < -0.3 is 35.6 Å². The Kier molecular flexibility index (Phi) is 7.11. The summed E-state index contributed by atoms with van der Waals surface area (Å²) in [6.07, 6.45) is -7.38. The van der Waals surface area contributed by atoms with Crippen molar-refractivity contribution in [3.63, 3.8) is 0 Å². The molecule has 0 aliphatic rings. The summed E-state index contributed by atoms with van der Waals surface area (Å²) in [7, 11) is 0. The van der Waals surface area contributed by atoms with Crippen LogP contribution in [0.1, 0.15) is 10.4 Å². The first-order valence-electron chi connectivity index (χ1n) is 6.65. The second-order valence-electron chi connectivity index (χ2n) is 4.78. The molecule has 24 heavy (non-hydrogen) atoms. The number of hydrogen-bond acceptors (Lipinski definition) is 8. The summed E-state index contributed by atoms with van der Waals surface area (Å²) in [6.45, 7) is -0.528. The Morgan fingerprint density at radius 2 is 1.96 bits per heavy atom. The molecule has 0 unspecified atom stereocenters. The highest BCUT2D eigenvalue weighted by Crippen LogP contribution is 2.23. The third-order valence-electron chi connectivity index (χ3n) is 3.09. The molecule has 0 aliphatic carbocycles. The number of aromatic hydroxyl groups is 1. The highest BCUT2D eigenvalue weighted by Gasteiger charge is 2.30. The van der Waals surface area contributed by atoms with Crippen molar-refractivity contribution in [2.24, 2.45) is 5.11 Å². The lowest BCUT2D eigenvalue weighted by Crippen LogP contribution is -2.49. The predicted octanol–water partition coefficient (Wildman–Crippen LogP) is -1.29. The van der Waals surface area contributed by atoms with E-state index in [4.69, 9.17) is 10.6 Å². The molecule has 4 atom stereocenters. The fourth-order valence-corrected chi connectivity index (χ4v) is 1.75. The van der Waals surface area contributed by atoms with Gasteiger partial charge in [0.15, 0.2) is 6.29 Å². The Balaban J connectivity index is 2.68. The van der Waals surface area contributed by atoms with Crippen molar-refractivity contribution in [3.05, 3.63) is 34.2 Å². The number of rotatable bonds is 8. The highest BCUT2D eigenvalue weighted by atomic mass is 16.4. The average Bonchev–Trinajstić information content (AvgIpc) is 2.57. The molecule has 0 fully saturated rings. The molecule has 130 valence electrons. The van der Waals surface area contributed by atoms with Crippen molar-refractivity contribution < 1.29 is 35.1 Å². The van der Waals surface area contributed by atoms with E-state index >= 15 is 0 Å². The number of phenols is 1. The molecule has 0 radical (unpaired) electrons. The number of nitrogens with one attached hydrogen (secondary N) is 1. The van der Waals surface area contributed by atoms with E-state index in [9.17, 15) is 30.0 Å². The normalized spacial score (nSPS) is 15.5. The smallest absolute Gasteiger partial charge is 0.255 e. The van der Waals surface area contributed by atoms with Gasteiger partial charge in [-0.2, -0.15) is 0 Å². The van der Waals surface area contributed by atoms with Gasteiger partial charge in [-0.1, -0.05) is 11.2 Å². The van der Waals surface area contributed by atoms with Crippen LogP contribution < -0.4 is 5.32 Å². The van der Waals surface area contributed by atoms with Gasteiger partial charge in [0.25, 0.3) is 5.91 Å². The summed E-state index contributed by atoms with van der Waals surface area (Å²) in [5.74, 6) is -1.28.